The Morgan fingerprint density at radius 3 is 2.62 bits per heavy atom. The normalized spacial score (nSPS) is 18.7. The Bertz CT molecular complexity index is 683. The molecule has 0 bridgehead atoms. The van der Waals surface area contributed by atoms with Crippen LogP contribution in [0, 0.1) is 0 Å². The lowest BCUT2D eigenvalue weighted by Gasteiger charge is -2.22. The van der Waals surface area contributed by atoms with Gasteiger partial charge in [0.1, 0.15) is 0 Å². The lowest BCUT2D eigenvalue weighted by Crippen LogP contribution is -2.32. The van der Waals surface area contributed by atoms with E-state index < -0.39 is 11.7 Å². The average molecular weight is 354 g/mol. The molecule has 2 heterocycles. The number of carbonyl (C=O) groups is 1. The van der Waals surface area contributed by atoms with Crippen LogP contribution in [-0.2, 0) is 11.0 Å². The third-order valence-electron chi connectivity index (χ3n) is 4.08. The smallest absolute Gasteiger partial charge is 0.325 e. The van der Waals surface area contributed by atoms with Crippen LogP contribution < -0.4 is 5.32 Å². The Kier molecular flexibility index (Phi) is 4.91. The molecule has 7 heteroatoms. The first kappa shape index (κ1) is 17.0. The van der Waals surface area contributed by atoms with Crippen LogP contribution in [0.2, 0.25) is 0 Å². The molecular formula is C17H17F3N2OS. The van der Waals surface area contributed by atoms with E-state index in [-0.39, 0.29) is 18.5 Å². The molecule has 1 N–H and O–H groups in total. The van der Waals surface area contributed by atoms with E-state index in [1.165, 1.54) is 17.0 Å². The zero-order valence-corrected chi connectivity index (χ0v) is 13.7. The molecule has 0 radical (unpaired) electrons. The largest absolute Gasteiger partial charge is 0.416 e. The van der Waals surface area contributed by atoms with Crippen molar-refractivity contribution in [3.05, 3.63) is 52.2 Å². The summed E-state index contributed by atoms with van der Waals surface area (Å²) in [4.78, 5) is 15.6. The van der Waals surface area contributed by atoms with Gasteiger partial charge in [-0.05, 0) is 55.1 Å². The minimum atomic E-state index is -4.37. The molecule has 1 aromatic carbocycles. The summed E-state index contributed by atoms with van der Waals surface area (Å²) < 4.78 is 37.6. The summed E-state index contributed by atoms with van der Waals surface area (Å²) in [5, 5.41) is 4.69. The summed E-state index contributed by atoms with van der Waals surface area (Å²) in [6.07, 6.45) is -2.31. The van der Waals surface area contributed by atoms with E-state index in [9.17, 15) is 18.0 Å². The third-order valence-corrected chi connectivity index (χ3v) is 5.05. The van der Waals surface area contributed by atoms with Gasteiger partial charge < -0.3 is 5.32 Å². The number of alkyl halides is 3. The number of rotatable bonds is 4. The number of carbonyl (C=O) groups excluding carboxylic acids is 1. The van der Waals surface area contributed by atoms with Crippen molar-refractivity contribution in [2.75, 3.05) is 18.4 Å². The number of thiophene rings is 1. The van der Waals surface area contributed by atoms with Crippen molar-refractivity contribution in [1.29, 1.82) is 0 Å². The minimum Gasteiger partial charge on any atom is -0.325 e. The topological polar surface area (TPSA) is 32.3 Å². The van der Waals surface area contributed by atoms with Crippen molar-refractivity contribution in [3.8, 4) is 0 Å². The molecule has 0 spiro atoms. The van der Waals surface area contributed by atoms with Crippen molar-refractivity contribution in [3.63, 3.8) is 0 Å². The second-order valence-electron chi connectivity index (χ2n) is 5.77. The molecule has 3 nitrogen and oxygen atoms in total. The second kappa shape index (κ2) is 6.94. The van der Waals surface area contributed by atoms with Gasteiger partial charge in [-0.25, -0.2) is 0 Å². The van der Waals surface area contributed by atoms with Gasteiger partial charge in [0.15, 0.2) is 0 Å². The number of benzene rings is 1. The lowest BCUT2D eigenvalue weighted by atomic mass is 10.2. The van der Waals surface area contributed by atoms with E-state index in [0.29, 0.717) is 5.69 Å². The predicted molar refractivity (Wildman–Crippen MR) is 87.9 cm³/mol. The SMILES string of the molecule is O=C(CN1CCC[C@H]1c1cccs1)Nc1ccc(C(F)(F)F)cc1. The monoisotopic (exact) mass is 354 g/mol. The molecule has 1 aromatic heterocycles. The van der Waals surface area contributed by atoms with E-state index in [2.05, 4.69) is 16.3 Å². The third kappa shape index (κ3) is 3.96. The number of hydrogen-bond donors (Lipinski definition) is 1. The Morgan fingerprint density at radius 2 is 2.00 bits per heavy atom. The van der Waals surface area contributed by atoms with Crippen LogP contribution in [0.1, 0.15) is 29.3 Å². The molecule has 0 saturated carbocycles. The van der Waals surface area contributed by atoms with Crippen LogP contribution in [0.3, 0.4) is 0 Å². The Hall–Kier alpha value is -1.86. The van der Waals surface area contributed by atoms with Crippen LogP contribution in [0.15, 0.2) is 41.8 Å². The molecule has 0 unspecified atom stereocenters. The second-order valence-corrected chi connectivity index (χ2v) is 6.75. The molecule has 3 rings (SSSR count). The van der Waals surface area contributed by atoms with Gasteiger partial charge in [-0.15, -0.1) is 11.3 Å². The molecule has 1 fully saturated rings. The average Bonchev–Trinajstić information content (AvgIpc) is 3.17. The number of likely N-dealkylation sites (tertiary alicyclic amines) is 1. The van der Waals surface area contributed by atoms with Gasteiger partial charge >= 0.3 is 6.18 Å². The van der Waals surface area contributed by atoms with Crippen LogP contribution in [-0.4, -0.2) is 23.9 Å². The van der Waals surface area contributed by atoms with Gasteiger partial charge in [0.25, 0.3) is 0 Å². The lowest BCUT2D eigenvalue weighted by molar-refractivity contribution is -0.137. The Labute approximate surface area is 142 Å². The molecule has 1 aliphatic heterocycles. The number of halogens is 3. The van der Waals surface area contributed by atoms with Gasteiger partial charge in [-0.3, -0.25) is 9.69 Å². The molecule has 1 saturated heterocycles. The molecule has 1 aliphatic rings. The zero-order valence-electron chi connectivity index (χ0n) is 12.8. The maximum atomic E-state index is 12.5. The van der Waals surface area contributed by atoms with Gasteiger partial charge in [0, 0.05) is 16.6 Å². The maximum Gasteiger partial charge on any atom is 0.416 e. The predicted octanol–water partition coefficient (Wildman–Crippen LogP) is 4.54. The number of nitrogens with one attached hydrogen (secondary N) is 1. The summed E-state index contributed by atoms with van der Waals surface area (Å²) in [5.41, 5.74) is -0.349. The van der Waals surface area contributed by atoms with Crippen molar-refractivity contribution in [2.45, 2.75) is 25.1 Å². The van der Waals surface area contributed by atoms with Crippen LogP contribution in [0.4, 0.5) is 18.9 Å². The molecular weight excluding hydrogens is 337 g/mol. The van der Waals surface area contributed by atoms with Crippen molar-refractivity contribution in [2.24, 2.45) is 0 Å². The molecule has 128 valence electrons. The number of hydrogen-bond acceptors (Lipinski definition) is 3. The first-order chi connectivity index (χ1) is 11.4. The zero-order chi connectivity index (χ0) is 17.2. The van der Waals surface area contributed by atoms with Gasteiger partial charge in [0.2, 0.25) is 5.91 Å². The quantitative estimate of drug-likeness (QED) is 0.874. The summed E-state index contributed by atoms with van der Waals surface area (Å²) in [6, 6.07) is 8.83. The number of nitrogens with zero attached hydrogens (tertiary/aromatic N) is 1. The van der Waals surface area contributed by atoms with Crippen LogP contribution in [0.25, 0.3) is 0 Å². The van der Waals surface area contributed by atoms with Crippen molar-refractivity contribution >= 4 is 22.9 Å². The number of amides is 1. The Morgan fingerprint density at radius 1 is 1.25 bits per heavy atom. The fraction of sp³-hybridized carbons (Fsp3) is 0.353. The summed E-state index contributed by atoms with van der Waals surface area (Å²) in [7, 11) is 0. The molecule has 2 aromatic rings. The summed E-state index contributed by atoms with van der Waals surface area (Å²) in [5.74, 6) is -0.210. The number of anilines is 1. The van der Waals surface area contributed by atoms with E-state index in [4.69, 9.17) is 0 Å². The highest BCUT2D eigenvalue weighted by molar-refractivity contribution is 7.10. The molecule has 1 amide bonds. The molecule has 24 heavy (non-hydrogen) atoms. The fourth-order valence-corrected chi connectivity index (χ4v) is 3.84. The maximum absolute atomic E-state index is 12.5. The minimum absolute atomic E-state index is 0.210. The van der Waals surface area contributed by atoms with Gasteiger partial charge in [0.05, 0.1) is 12.1 Å². The van der Waals surface area contributed by atoms with Crippen molar-refractivity contribution < 1.29 is 18.0 Å². The van der Waals surface area contributed by atoms with E-state index >= 15 is 0 Å². The van der Waals surface area contributed by atoms with E-state index in [1.54, 1.807) is 11.3 Å². The first-order valence-corrected chi connectivity index (χ1v) is 8.56. The molecule has 0 aliphatic carbocycles. The summed E-state index contributed by atoms with van der Waals surface area (Å²) >= 11 is 1.68. The Balaban J connectivity index is 1.59. The molecule has 1 atom stereocenters. The highest BCUT2D eigenvalue weighted by atomic mass is 32.1. The van der Waals surface area contributed by atoms with E-state index in [0.717, 1.165) is 31.5 Å². The van der Waals surface area contributed by atoms with Gasteiger partial charge in [-0.2, -0.15) is 13.2 Å². The summed E-state index contributed by atoms with van der Waals surface area (Å²) in [6.45, 7) is 1.09. The van der Waals surface area contributed by atoms with Gasteiger partial charge in [-0.1, -0.05) is 6.07 Å². The van der Waals surface area contributed by atoms with E-state index in [1.807, 2.05) is 11.4 Å². The fourth-order valence-electron chi connectivity index (χ4n) is 2.95. The highest BCUT2D eigenvalue weighted by Gasteiger charge is 2.30. The van der Waals surface area contributed by atoms with Crippen LogP contribution in [0.5, 0.6) is 0 Å². The highest BCUT2D eigenvalue weighted by Crippen LogP contribution is 2.34. The van der Waals surface area contributed by atoms with Crippen molar-refractivity contribution in [1.82, 2.24) is 4.90 Å². The standard InChI is InChI=1S/C17H17F3N2OS/c18-17(19,20)12-5-7-13(8-6-12)21-16(23)11-22-9-1-3-14(22)15-4-2-10-24-15/h2,4-8,10,14H,1,3,9,11H2,(H,21,23)/t14-/m0/s1. The van der Waals surface area contributed by atoms with Crippen LogP contribution >= 0.6 is 11.3 Å². The first-order valence-electron chi connectivity index (χ1n) is 7.68.